The Morgan fingerprint density at radius 1 is 0.977 bits per heavy atom. The molecule has 1 aromatic heterocycles. The predicted molar refractivity (Wildman–Crippen MR) is 161 cm³/mol. The first-order valence-corrected chi connectivity index (χ1v) is 16.5. The third kappa shape index (κ3) is 6.04. The first-order chi connectivity index (χ1) is 20.5. The van der Waals surface area contributed by atoms with Gasteiger partial charge in [0.15, 0.2) is 0 Å². The van der Waals surface area contributed by atoms with E-state index in [4.69, 9.17) is 11.6 Å². The number of nitrogens with one attached hydrogen (secondary N) is 3. The van der Waals surface area contributed by atoms with E-state index in [-0.39, 0.29) is 28.6 Å². The molecule has 5 aromatic rings. The van der Waals surface area contributed by atoms with Gasteiger partial charge in [0.05, 0.1) is 33.4 Å². The molecule has 4 aromatic carbocycles. The minimum absolute atomic E-state index is 0.0429. The normalized spacial score (nSPS) is 17.2. The van der Waals surface area contributed by atoms with Gasteiger partial charge in [0.2, 0.25) is 26.0 Å². The van der Waals surface area contributed by atoms with Gasteiger partial charge in [0.25, 0.3) is 0 Å². The number of hydrogen-bond acceptors (Lipinski definition) is 6. The highest BCUT2D eigenvalue weighted by atomic mass is 35.5. The summed E-state index contributed by atoms with van der Waals surface area (Å²) in [4.78, 5) is 19.2. The van der Waals surface area contributed by atoms with Gasteiger partial charge in [-0.05, 0) is 46.9 Å². The lowest BCUT2D eigenvalue weighted by molar-refractivity contribution is -0.118. The second-order valence-corrected chi connectivity index (χ2v) is 14.2. The second kappa shape index (κ2) is 11.2. The Morgan fingerprint density at radius 3 is 2.30 bits per heavy atom. The topological polar surface area (TPSA) is 138 Å². The number of aromatic amines is 1. The number of rotatable bonds is 8. The number of nitrogens with zero attached hydrogens (tertiary/aromatic N) is 1. The van der Waals surface area contributed by atoms with Gasteiger partial charge in [0, 0.05) is 6.07 Å². The molecular weight excluding hydrogens is 615 g/mol. The van der Waals surface area contributed by atoms with Gasteiger partial charge in [0.1, 0.15) is 16.9 Å². The molecule has 1 aliphatic heterocycles. The van der Waals surface area contributed by atoms with Crippen molar-refractivity contribution in [1.29, 1.82) is 0 Å². The van der Waals surface area contributed by atoms with Gasteiger partial charge >= 0.3 is 0 Å². The number of sulfonamides is 2. The molecule has 13 heteroatoms. The van der Waals surface area contributed by atoms with Crippen LogP contribution in [-0.4, -0.2) is 32.7 Å². The van der Waals surface area contributed by atoms with Crippen molar-refractivity contribution < 1.29 is 26.0 Å². The Hall–Kier alpha value is -4.10. The average Bonchev–Trinajstić information content (AvgIpc) is 3.51. The molecule has 220 valence electrons. The molecule has 2 atom stereocenters. The monoisotopic (exact) mass is 638 g/mol. The third-order valence-corrected chi connectivity index (χ3v) is 10.7. The van der Waals surface area contributed by atoms with Crippen LogP contribution in [0.2, 0.25) is 5.02 Å². The second-order valence-electron chi connectivity index (χ2n) is 10.2. The first-order valence-electron chi connectivity index (χ1n) is 13.1. The minimum Gasteiger partial charge on any atom is -0.341 e. The van der Waals surface area contributed by atoms with E-state index >= 15 is 0 Å². The summed E-state index contributed by atoms with van der Waals surface area (Å²) in [6.07, 6.45) is -0.0580. The van der Waals surface area contributed by atoms with Crippen molar-refractivity contribution in [2.24, 2.45) is 0 Å². The standard InChI is InChI=1S/C30H24ClFN4O5S2/c31-23-15-25-26(16-24(23)32)34-30(33-25)27(14-18-6-8-21(9-7-18)28-17-29(37)36-43(28,40)41)35-42(38,39)22-12-10-20(11-13-22)19-4-2-1-3-5-19/h1-13,15-16,27-28,35H,14,17H2,(H,33,34)(H,36,37)/t27-,28?/m0/s1. The van der Waals surface area contributed by atoms with Crippen molar-refractivity contribution in [3.05, 3.63) is 119 Å². The maximum atomic E-state index is 14.1. The lowest BCUT2D eigenvalue weighted by Crippen LogP contribution is -2.31. The van der Waals surface area contributed by atoms with E-state index in [1.807, 2.05) is 35.1 Å². The van der Waals surface area contributed by atoms with Crippen molar-refractivity contribution in [1.82, 2.24) is 19.4 Å². The fraction of sp³-hybridized carbons (Fsp3) is 0.133. The van der Waals surface area contributed by atoms with Crippen molar-refractivity contribution in [3.8, 4) is 11.1 Å². The molecule has 0 spiro atoms. The molecule has 43 heavy (non-hydrogen) atoms. The van der Waals surface area contributed by atoms with E-state index in [1.54, 1.807) is 36.4 Å². The number of carbonyl (C=O) groups is 1. The molecule has 1 amide bonds. The molecule has 0 radical (unpaired) electrons. The lowest BCUT2D eigenvalue weighted by Gasteiger charge is -2.18. The molecule has 0 bridgehead atoms. The first kappa shape index (κ1) is 29.0. The zero-order chi connectivity index (χ0) is 30.4. The molecule has 0 saturated carbocycles. The molecule has 1 fully saturated rings. The Kier molecular flexibility index (Phi) is 7.55. The molecule has 9 nitrogen and oxygen atoms in total. The maximum Gasteiger partial charge on any atom is 0.242 e. The molecule has 6 rings (SSSR count). The Labute approximate surface area is 252 Å². The van der Waals surface area contributed by atoms with Crippen LogP contribution in [0.4, 0.5) is 4.39 Å². The highest BCUT2D eigenvalue weighted by Gasteiger charge is 2.37. The van der Waals surface area contributed by atoms with E-state index in [2.05, 4.69) is 14.7 Å². The summed E-state index contributed by atoms with van der Waals surface area (Å²) in [5, 5.41) is -1.12. The van der Waals surface area contributed by atoms with E-state index in [1.165, 1.54) is 24.3 Å². The van der Waals surface area contributed by atoms with Crippen LogP contribution in [0.15, 0.2) is 95.9 Å². The zero-order valence-electron chi connectivity index (χ0n) is 22.3. The molecule has 2 heterocycles. The maximum absolute atomic E-state index is 14.1. The Bertz CT molecular complexity index is 2010. The molecule has 0 aliphatic carbocycles. The fourth-order valence-electron chi connectivity index (χ4n) is 5.05. The van der Waals surface area contributed by atoms with Gasteiger partial charge in [-0.2, -0.15) is 0 Å². The smallest absolute Gasteiger partial charge is 0.242 e. The van der Waals surface area contributed by atoms with E-state index < -0.39 is 43.1 Å². The van der Waals surface area contributed by atoms with E-state index in [9.17, 15) is 26.0 Å². The van der Waals surface area contributed by atoms with Crippen molar-refractivity contribution >= 4 is 48.6 Å². The van der Waals surface area contributed by atoms with Gasteiger partial charge in [-0.3, -0.25) is 9.52 Å². The summed E-state index contributed by atoms with van der Waals surface area (Å²) >= 11 is 5.94. The summed E-state index contributed by atoms with van der Waals surface area (Å²) in [5.74, 6) is -0.981. The Balaban J connectivity index is 1.31. The number of hydrogen-bond donors (Lipinski definition) is 3. The number of carbonyl (C=O) groups excluding carboxylic acids is 1. The molecule has 1 aliphatic rings. The number of amides is 1. The van der Waals surface area contributed by atoms with Crippen LogP contribution in [0.5, 0.6) is 0 Å². The van der Waals surface area contributed by atoms with E-state index in [0.29, 0.717) is 22.2 Å². The summed E-state index contributed by atoms with van der Waals surface area (Å²) in [6, 6.07) is 24.2. The summed E-state index contributed by atoms with van der Waals surface area (Å²) in [5.41, 5.74) is 3.60. The van der Waals surface area contributed by atoms with E-state index in [0.717, 1.165) is 11.1 Å². The van der Waals surface area contributed by atoms with Crippen molar-refractivity contribution in [3.63, 3.8) is 0 Å². The molecule has 1 unspecified atom stereocenters. The van der Waals surface area contributed by atoms with Crippen LogP contribution >= 0.6 is 11.6 Å². The van der Waals surface area contributed by atoms with Crippen LogP contribution < -0.4 is 9.44 Å². The number of H-pyrrole nitrogens is 1. The number of benzene rings is 4. The molecule has 1 saturated heterocycles. The lowest BCUT2D eigenvalue weighted by atomic mass is 10.0. The van der Waals surface area contributed by atoms with Crippen LogP contribution in [0, 0.1) is 5.82 Å². The quantitative estimate of drug-likeness (QED) is 0.214. The number of halogens is 2. The molecular formula is C30H24ClFN4O5S2. The predicted octanol–water partition coefficient (Wildman–Crippen LogP) is 5.18. The number of imidazole rings is 1. The number of fused-ring (bicyclic) bond motifs is 1. The van der Waals surface area contributed by atoms with Gasteiger partial charge in [-0.25, -0.2) is 30.9 Å². The van der Waals surface area contributed by atoms with Crippen LogP contribution in [0.25, 0.3) is 22.2 Å². The molecule has 3 N–H and O–H groups in total. The van der Waals surface area contributed by atoms with Crippen molar-refractivity contribution in [2.45, 2.75) is 29.0 Å². The summed E-state index contributed by atoms with van der Waals surface area (Å²) < 4.78 is 70.6. The van der Waals surface area contributed by atoms with Crippen LogP contribution in [0.3, 0.4) is 0 Å². The number of aromatic nitrogens is 2. The highest BCUT2D eigenvalue weighted by Crippen LogP contribution is 2.31. The third-order valence-electron chi connectivity index (χ3n) is 7.23. The Morgan fingerprint density at radius 2 is 1.65 bits per heavy atom. The SMILES string of the molecule is O=C1CC(c2ccc(C[C@H](NS(=O)(=O)c3ccc(-c4ccccc4)cc3)c3nc4cc(Cl)c(F)cc4[nH]3)cc2)S(=O)(=O)N1. The van der Waals surface area contributed by atoms with Crippen LogP contribution in [-0.2, 0) is 31.3 Å². The fourth-order valence-corrected chi connectivity index (χ4v) is 7.83. The summed E-state index contributed by atoms with van der Waals surface area (Å²) in [6.45, 7) is 0. The average molecular weight is 639 g/mol. The van der Waals surface area contributed by atoms with Gasteiger partial charge in [-0.1, -0.05) is 78.3 Å². The summed E-state index contributed by atoms with van der Waals surface area (Å²) in [7, 11) is -7.87. The largest absolute Gasteiger partial charge is 0.341 e. The van der Waals surface area contributed by atoms with Gasteiger partial charge in [-0.15, -0.1) is 0 Å². The van der Waals surface area contributed by atoms with Crippen LogP contribution in [0.1, 0.15) is 34.7 Å². The zero-order valence-corrected chi connectivity index (χ0v) is 24.7. The minimum atomic E-state index is -4.06. The highest BCUT2D eigenvalue weighted by molar-refractivity contribution is 7.90. The van der Waals surface area contributed by atoms with Gasteiger partial charge < -0.3 is 4.98 Å². The van der Waals surface area contributed by atoms with Crippen molar-refractivity contribution in [2.75, 3.05) is 0 Å².